The second kappa shape index (κ2) is 6.29. The summed E-state index contributed by atoms with van der Waals surface area (Å²) in [6, 6.07) is 2.20. The van der Waals surface area contributed by atoms with E-state index < -0.39 is 0 Å². The molecule has 0 radical (unpaired) electrons. The summed E-state index contributed by atoms with van der Waals surface area (Å²) in [6.45, 7) is 6.93. The molecule has 96 valence electrons. The van der Waals surface area contributed by atoms with Crippen molar-refractivity contribution in [3.8, 4) is 0 Å². The van der Waals surface area contributed by atoms with Crippen LogP contribution in [0.4, 0.5) is 0 Å². The van der Waals surface area contributed by atoms with Gasteiger partial charge in [-0.2, -0.15) is 0 Å². The number of thiophene rings is 1. The van der Waals surface area contributed by atoms with Crippen LogP contribution in [-0.2, 0) is 11.3 Å². The van der Waals surface area contributed by atoms with Crippen molar-refractivity contribution in [2.45, 2.75) is 19.6 Å². The van der Waals surface area contributed by atoms with Crippen LogP contribution in [0.3, 0.4) is 0 Å². The van der Waals surface area contributed by atoms with Gasteiger partial charge >= 0.3 is 0 Å². The summed E-state index contributed by atoms with van der Waals surface area (Å²) in [6.07, 6.45) is 0.332. The van der Waals surface area contributed by atoms with Crippen LogP contribution in [0.15, 0.2) is 10.5 Å². The highest BCUT2D eigenvalue weighted by atomic mass is 79.9. The van der Waals surface area contributed by atoms with E-state index in [1.807, 2.05) is 11.3 Å². The first-order valence-corrected chi connectivity index (χ1v) is 7.52. The number of aryl methyl sites for hydroxylation is 1. The Balaban J connectivity index is 1.72. The van der Waals surface area contributed by atoms with Crippen molar-refractivity contribution in [1.82, 2.24) is 10.2 Å². The first-order valence-electron chi connectivity index (χ1n) is 5.91. The van der Waals surface area contributed by atoms with Crippen LogP contribution >= 0.6 is 27.3 Å². The summed E-state index contributed by atoms with van der Waals surface area (Å²) in [5.41, 5.74) is 0. The minimum Gasteiger partial charge on any atom is -0.374 e. The van der Waals surface area contributed by atoms with Crippen molar-refractivity contribution in [2.75, 3.05) is 33.3 Å². The third-order valence-corrected chi connectivity index (χ3v) is 5.06. The lowest BCUT2D eigenvalue weighted by Gasteiger charge is -2.30. The Morgan fingerprint density at radius 3 is 3.12 bits per heavy atom. The first kappa shape index (κ1) is 13.5. The molecule has 1 aliphatic rings. The van der Waals surface area contributed by atoms with E-state index in [2.05, 4.69) is 46.2 Å². The third-order valence-electron chi connectivity index (χ3n) is 2.92. The van der Waals surface area contributed by atoms with Crippen molar-refractivity contribution in [1.29, 1.82) is 0 Å². The maximum Gasteiger partial charge on any atom is 0.0826 e. The molecular weight excluding hydrogens is 300 g/mol. The SMILES string of the molecule is Cc1sc(CNCC2CN(C)CCO2)cc1Br. The number of hydrogen-bond donors (Lipinski definition) is 1. The number of halogens is 1. The second-order valence-electron chi connectivity index (χ2n) is 4.50. The Morgan fingerprint density at radius 2 is 2.47 bits per heavy atom. The minimum absolute atomic E-state index is 0.332. The zero-order chi connectivity index (χ0) is 12.3. The van der Waals surface area contributed by atoms with Crippen molar-refractivity contribution < 1.29 is 4.74 Å². The van der Waals surface area contributed by atoms with Crippen LogP contribution in [0.1, 0.15) is 9.75 Å². The molecule has 2 heterocycles. The van der Waals surface area contributed by atoms with Gasteiger partial charge < -0.3 is 15.0 Å². The molecule has 1 fully saturated rings. The predicted octanol–water partition coefficient (Wildman–Crippen LogP) is 2.24. The van der Waals surface area contributed by atoms with Gasteiger partial charge in [0.2, 0.25) is 0 Å². The van der Waals surface area contributed by atoms with Crippen molar-refractivity contribution in [3.05, 3.63) is 20.3 Å². The van der Waals surface area contributed by atoms with E-state index in [1.54, 1.807) is 0 Å². The van der Waals surface area contributed by atoms with Gasteiger partial charge in [0, 0.05) is 40.4 Å². The van der Waals surface area contributed by atoms with Gasteiger partial charge in [0.1, 0.15) is 0 Å². The molecule has 0 bridgehead atoms. The average Bonchev–Trinajstić information content (AvgIpc) is 2.58. The summed E-state index contributed by atoms with van der Waals surface area (Å²) in [5.74, 6) is 0. The summed E-state index contributed by atoms with van der Waals surface area (Å²) in [4.78, 5) is 5.04. The van der Waals surface area contributed by atoms with Gasteiger partial charge in [0.15, 0.2) is 0 Å². The standard InChI is InChI=1S/C12H19BrN2OS/c1-9-12(13)5-11(17-9)7-14-6-10-8-15(2)3-4-16-10/h5,10,14H,3-4,6-8H2,1-2H3. The molecule has 3 nitrogen and oxygen atoms in total. The van der Waals surface area contributed by atoms with Crippen LogP contribution in [0.25, 0.3) is 0 Å². The number of ether oxygens (including phenoxy) is 1. The Morgan fingerprint density at radius 1 is 1.65 bits per heavy atom. The predicted molar refractivity (Wildman–Crippen MR) is 75.7 cm³/mol. The lowest BCUT2D eigenvalue weighted by molar-refractivity contribution is -0.0181. The fraction of sp³-hybridized carbons (Fsp3) is 0.667. The van der Waals surface area contributed by atoms with Crippen molar-refractivity contribution in [2.24, 2.45) is 0 Å². The Hall–Kier alpha value is 0.0600. The Bertz CT molecular complexity index is 350. The van der Waals surface area contributed by atoms with E-state index in [0.717, 1.165) is 32.8 Å². The molecule has 0 saturated carbocycles. The molecule has 1 aromatic rings. The molecule has 0 amide bonds. The molecule has 2 rings (SSSR count). The highest BCUT2D eigenvalue weighted by Crippen LogP contribution is 2.26. The van der Waals surface area contributed by atoms with E-state index in [1.165, 1.54) is 14.2 Å². The molecule has 0 spiro atoms. The molecule has 1 aliphatic heterocycles. The maximum atomic E-state index is 5.71. The number of rotatable bonds is 4. The number of morpholine rings is 1. The van der Waals surface area contributed by atoms with E-state index >= 15 is 0 Å². The second-order valence-corrected chi connectivity index (χ2v) is 6.70. The van der Waals surface area contributed by atoms with E-state index in [4.69, 9.17) is 4.74 Å². The minimum atomic E-state index is 0.332. The fourth-order valence-corrected chi connectivity index (χ4v) is 3.52. The van der Waals surface area contributed by atoms with Crippen LogP contribution in [-0.4, -0.2) is 44.3 Å². The van der Waals surface area contributed by atoms with Crippen LogP contribution in [0.2, 0.25) is 0 Å². The number of hydrogen-bond acceptors (Lipinski definition) is 4. The molecule has 1 unspecified atom stereocenters. The highest BCUT2D eigenvalue weighted by molar-refractivity contribution is 9.10. The number of likely N-dealkylation sites (N-methyl/N-ethyl adjacent to an activating group) is 1. The molecule has 17 heavy (non-hydrogen) atoms. The quantitative estimate of drug-likeness (QED) is 0.921. The van der Waals surface area contributed by atoms with E-state index in [9.17, 15) is 0 Å². The molecular formula is C12H19BrN2OS. The lowest BCUT2D eigenvalue weighted by atomic mass is 10.3. The van der Waals surface area contributed by atoms with Gasteiger partial charge in [0.25, 0.3) is 0 Å². The molecule has 1 atom stereocenters. The van der Waals surface area contributed by atoms with E-state index in [-0.39, 0.29) is 0 Å². The largest absolute Gasteiger partial charge is 0.374 e. The van der Waals surface area contributed by atoms with Crippen LogP contribution < -0.4 is 5.32 Å². The highest BCUT2D eigenvalue weighted by Gasteiger charge is 2.16. The summed E-state index contributed by atoms with van der Waals surface area (Å²) in [5, 5.41) is 3.47. The van der Waals surface area contributed by atoms with Gasteiger partial charge in [-0.1, -0.05) is 0 Å². The maximum absolute atomic E-state index is 5.71. The van der Waals surface area contributed by atoms with E-state index in [0.29, 0.717) is 6.10 Å². The molecule has 0 aliphatic carbocycles. The zero-order valence-corrected chi connectivity index (χ0v) is 12.7. The summed E-state index contributed by atoms with van der Waals surface area (Å²) < 4.78 is 6.92. The summed E-state index contributed by atoms with van der Waals surface area (Å²) in [7, 11) is 2.15. The fourth-order valence-electron chi connectivity index (χ4n) is 1.95. The van der Waals surface area contributed by atoms with Crippen LogP contribution in [0, 0.1) is 6.92 Å². The number of nitrogens with zero attached hydrogens (tertiary/aromatic N) is 1. The third kappa shape index (κ3) is 4.03. The number of nitrogens with one attached hydrogen (secondary N) is 1. The van der Waals surface area contributed by atoms with Crippen molar-refractivity contribution in [3.63, 3.8) is 0 Å². The molecule has 1 N–H and O–H groups in total. The van der Waals surface area contributed by atoms with Gasteiger partial charge in [0.05, 0.1) is 12.7 Å². The Labute approximate surface area is 115 Å². The monoisotopic (exact) mass is 318 g/mol. The summed E-state index contributed by atoms with van der Waals surface area (Å²) >= 11 is 5.38. The topological polar surface area (TPSA) is 24.5 Å². The van der Waals surface area contributed by atoms with Crippen molar-refractivity contribution >= 4 is 27.3 Å². The lowest BCUT2D eigenvalue weighted by Crippen LogP contribution is -2.44. The van der Waals surface area contributed by atoms with Crippen LogP contribution in [0.5, 0.6) is 0 Å². The normalized spacial score (nSPS) is 21.9. The average molecular weight is 319 g/mol. The zero-order valence-electron chi connectivity index (χ0n) is 10.3. The Kier molecular flexibility index (Phi) is 4.99. The molecule has 1 aromatic heterocycles. The van der Waals surface area contributed by atoms with Gasteiger partial charge in [-0.3, -0.25) is 0 Å². The van der Waals surface area contributed by atoms with Gasteiger partial charge in [-0.05, 0) is 36.0 Å². The smallest absolute Gasteiger partial charge is 0.0826 e. The van der Waals surface area contributed by atoms with Gasteiger partial charge in [-0.15, -0.1) is 11.3 Å². The first-order chi connectivity index (χ1) is 8.15. The molecule has 1 saturated heterocycles. The molecule has 5 heteroatoms. The van der Waals surface area contributed by atoms with Gasteiger partial charge in [-0.25, -0.2) is 0 Å². The molecule has 0 aromatic carbocycles.